The zero-order valence-electron chi connectivity index (χ0n) is 12.0. The molecule has 0 bridgehead atoms. The Balaban J connectivity index is 1.78. The Morgan fingerprint density at radius 2 is 2.09 bits per heavy atom. The molecule has 9 heteroatoms. The van der Waals surface area contributed by atoms with Gasteiger partial charge in [-0.05, 0) is 37.3 Å². The molecule has 0 aromatic carbocycles. The Bertz CT molecular complexity index is 633. The van der Waals surface area contributed by atoms with Crippen molar-refractivity contribution in [1.29, 1.82) is 0 Å². The summed E-state index contributed by atoms with van der Waals surface area (Å²) in [5.41, 5.74) is 0.943. The average Bonchev–Trinajstić information content (AvgIpc) is 2.61. The second kappa shape index (κ2) is 7.41. The number of nitrogens with zero attached hydrogens (tertiary/aromatic N) is 1. The number of pyridine rings is 1. The molecule has 0 spiro atoms. The van der Waals surface area contributed by atoms with E-state index in [2.05, 4.69) is 15.6 Å². The lowest BCUT2D eigenvalue weighted by atomic mass is 10.2. The zero-order chi connectivity index (χ0) is 16.0. The van der Waals surface area contributed by atoms with E-state index < -0.39 is 10.1 Å². The van der Waals surface area contributed by atoms with Crippen LogP contribution < -0.4 is 15.4 Å². The molecule has 0 radical (unpaired) electrons. The minimum absolute atomic E-state index is 0.233. The first kappa shape index (κ1) is 16.5. The number of anilines is 1. The predicted molar refractivity (Wildman–Crippen MR) is 80.7 cm³/mol. The highest BCUT2D eigenvalue weighted by molar-refractivity contribution is 7.85. The molecule has 2 heterocycles. The van der Waals surface area contributed by atoms with Crippen LogP contribution in [-0.4, -0.2) is 42.9 Å². The minimum atomic E-state index is -3.88. The van der Waals surface area contributed by atoms with Crippen LogP contribution in [0.4, 0.5) is 10.6 Å². The van der Waals surface area contributed by atoms with Gasteiger partial charge in [-0.1, -0.05) is 0 Å². The summed E-state index contributed by atoms with van der Waals surface area (Å²) in [5, 5.41) is 5.34. The SMILES string of the molecule is O=C1NCCc2ccc(OCCCCCS(=O)(=O)O)nc2N1. The van der Waals surface area contributed by atoms with Gasteiger partial charge in [0, 0.05) is 12.6 Å². The number of rotatable bonds is 7. The lowest BCUT2D eigenvalue weighted by Crippen LogP contribution is -2.27. The van der Waals surface area contributed by atoms with Crippen LogP contribution in [-0.2, 0) is 16.5 Å². The number of ether oxygens (including phenoxy) is 1. The highest BCUT2D eigenvalue weighted by atomic mass is 32.2. The number of unbranched alkanes of at least 4 members (excludes halogenated alkanes) is 2. The third-order valence-electron chi connectivity index (χ3n) is 3.16. The van der Waals surface area contributed by atoms with Crippen LogP contribution in [0.25, 0.3) is 0 Å². The molecule has 0 saturated heterocycles. The van der Waals surface area contributed by atoms with Gasteiger partial charge in [0.05, 0.1) is 12.4 Å². The second-order valence-corrected chi connectivity index (χ2v) is 6.56. The Hall–Kier alpha value is -1.87. The largest absolute Gasteiger partial charge is 0.478 e. The highest BCUT2D eigenvalue weighted by Crippen LogP contribution is 2.20. The van der Waals surface area contributed by atoms with Crippen LogP contribution >= 0.6 is 0 Å². The third-order valence-corrected chi connectivity index (χ3v) is 3.97. The topological polar surface area (TPSA) is 118 Å². The molecular weight excluding hydrogens is 310 g/mol. The van der Waals surface area contributed by atoms with E-state index in [1.807, 2.05) is 6.07 Å². The van der Waals surface area contributed by atoms with E-state index in [-0.39, 0.29) is 11.8 Å². The Labute approximate surface area is 129 Å². The lowest BCUT2D eigenvalue weighted by molar-refractivity contribution is 0.252. The molecular formula is C13H19N3O5S. The third kappa shape index (κ3) is 5.49. The van der Waals surface area contributed by atoms with Gasteiger partial charge in [0.2, 0.25) is 5.88 Å². The van der Waals surface area contributed by atoms with E-state index in [4.69, 9.17) is 9.29 Å². The molecule has 8 nitrogen and oxygen atoms in total. The average molecular weight is 329 g/mol. The lowest BCUT2D eigenvalue weighted by Gasteiger charge is -2.09. The standard InChI is InChI=1S/C13H19N3O5S/c17-13-14-7-6-10-4-5-11(15-12(10)16-13)21-8-2-1-3-9-22(18,19)20/h4-5H,1-3,6-9H2,(H,18,19,20)(H2,14,15,16,17). The van der Waals surface area contributed by atoms with Crippen molar-refractivity contribution in [3.05, 3.63) is 17.7 Å². The van der Waals surface area contributed by atoms with E-state index in [1.54, 1.807) is 6.07 Å². The maximum absolute atomic E-state index is 11.4. The minimum Gasteiger partial charge on any atom is -0.478 e. The van der Waals surface area contributed by atoms with Crippen LogP contribution in [0.1, 0.15) is 24.8 Å². The van der Waals surface area contributed by atoms with Gasteiger partial charge in [0.1, 0.15) is 5.82 Å². The number of nitrogens with one attached hydrogen (secondary N) is 2. The monoisotopic (exact) mass is 329 g/mol. The van der Waals surface area contributed by atoms with Gasteiger partial charge in [0.25, 0.3) is 10.1 Å². The van der Waals surface area contributed by atoms with E-state index >= 15 is 0 Å². The number of aromatic nitrogens is 1. The molecule has 0 unspecified atom stereocenters. The van der Waals surface area contributed by atoms with Crippen LogP contribution in [0.5, 0.6) is 5.88 Å². The van der Waals surface area contributed by atoms with Gasteiger partial charge in [0.15, 0.2) is 0 Å². The molecule has 1 aromatic heterocycles. The van der Waals surface area contributed by atoms with Crippen LogP contribution in [0.15, 0.2) is 12.1 Å². The second-order valence-electron chi connectivity index (χ2n) is 4.98. The van der Waals surface area contributed by atoms with Gasteiger partial charge in [-0.15, -0.1) is 0 Å². The van der Waals surface area contributed by atoms with Crippen molar-refractivity contribution < 1.29 is 22.5 Å². The fourth-order valence-electron chi connectivity index (χ4n) is 2.06. The quantitative estimate of drug-likeness (QED) is 0.511. The van der Waals surface area contributed by atoms with Gasteiger partial charge < -0.3 is 10.1 Å². The maximum atomic E-state index is 11.4. The van der Waals surface area contributed by atoms with Crippen molar-refractivity contribution in [3.8, 4) is 5.88 Å². The summed E-state index contributed by atoms with van der Waals surface area (Å²) < 4.78 is 35.2. The predicted octanol–water partition coefficient (Wildman–Crippen LogP) is 1.20. The van der Waals surface area contributed by atoms with Crippen LogP contribution in [0.2, 0.25) is 0 Å². The molecule has 0 fully saturated rings. The zero-order valence-corrected chi connectivity index (χ0v) is 12.9. The van der Waals surface area contributed by atoms with Crippen molar-refractivity contribution in [3.63, 3.8) is 0 Å². The van der Waals surface area contributed by atoms with Gasteiger partial charge in [-0.3, -0.25) is 9.87 Å². The van der Waals surface area contributed by atoms with E-state index in [1.165, 1.54) is 0 Å². The number of amides is 2. The number of urea groups is 1. The molecule has 1 aliphatic rings. The summed E-state index contributed by atoms with van der Waals surface area (Å²) >= 11 is 0. The molecule has 22 heavy (non-hydrogen) atoms. The van der Waals surface area contributed by atoms with Crippen LogP contribution in [0.3, 0.4) is 0 Å². The summed E-state index contributed by atoms with van der Waals surface area (Å²) in [6, 6.07) is 3.33. The van der Waals surface area contributed by atoms with Gasteiger partial charge >= 0.3 is 6.03 Å². The molecule has 0 atom stereocenters. The number of hydrogen-bond acceptors (Lipinski definition) is 5. The normalized spacial score (nSPS) is 14.5. The molecule has 2 rings (SSSR count). The summed E-state index contributed by atoms with van der Waals surface area (Å²) in [6.07, 6.45) is 2.38. The van der Waals surface area contributed by atoms with Crippen LogP contribution in [0, 0.1) is 0 Å². The van der Waals surface area contributed by atoms with Crippen molar-refractivity contribution in [2.75, 3.05) is 24.2 Å². The highest BCUT2D eigenvalue weighted by Gasteiger charge is 2.14. The Morgan fingerprint density at radius 3 is 2.86 bits per heavy atom. The smallest absolute Gasteiger partial charge is 0.320 e. The Morgan fingerprint density at radius 1 is 1.27 bits per heavy atom. The van der Waals surface area contributed by atoms with E-state index in [0.29, 0.717) is 50.5 Å². The maximum Gasteiger partial charge on any atom is 0.320 e. The molecule has 0 aliphatic carbocycles. The van der Waals surface area contributed by atoms with E-state index in [0.717, 1.165) is 5.56 Å². The summed E-state index contributed by atoms with van der Waals surface area (Å²) in [7, 11) is -3.88. The molecule has 1 aliphatic heterocycles. The first-order chi connectivity index (χ1) is 10.4. The first-order valence-electron chi connectivity index (χ1n) is 7.07. The van der Waals surface area contributed by atoms with Crippen molar-refractivity contribution in [2.24, 2.45) is 0 Å². The first-order valence-corrected chi connectivity index (χ1v) is 8.68. The number of carbonyl (C=O) groups excluding carboxylic acids is 1. The molecule has 0 saturated carbocycles. The fraction of sp³-hybridized carbons (Fsp3) is 0.538. The molecule has 122 valence electrons. The Kier molecular flexibility index (Phi) is 5.56. The van der Waals surface area contributed by atoms with Crippen molar-refractivity contribution in [1.82, 2.24) is 10.3 Å². The van der Waals surface area contributed by atoms with Gasteiger partial charge in [-0.25, -0.2) is 4.79 Å². The molecule has 2 amide bonds. The van der Waals surface area contributed by atoms with Crippen molar-refractivity contribution >= 4 is 22.0 Å². The fourth-order valence-corrected chi connectivity index (χ4v) is 2.63. The van der Waals surface area contributed by atoms with Gasteiger partial charge in [-0.2, -0.15) is 13.4 Å². The van der Waals surface area contributed by atoms with E-state index in [9.17, 15) is 13.2 Å². The molecule has 3 N–H and O–H groups in total. The van der Waals surface area contributed by atoms with Crippen molar-refractivity contribution in [2.45, 2.75) is 25.7 Å². The number of carbonyl (C=O) groups is 1. The summed E-state index contributed by atoms with van der Waals surface area (Å²) in [5.74, 6) is 0.679. The molecule has 1 aromatic rings. The number of fused-ring (bicyclic) bond motifs is 1. The number of hydrogen-bond donors (Lipinski definition) is 3. The summed E-state index contributed by atoms with van der Waals surface area (Å²) in [4.78, 5) is 15.6. The summed E-state index contributed by atoms with van der Waals surface area (Å²) in [6.45, 7) is 0.956.